The Labute approximate surface area is 460 Å². The Balaban J connectivity index is 1.04. The number of esters is 5. The molecular formula is C61H69N3O15. The molecule has 5 aromatic carbocycles. The number of unbranched alkanes of at least 4 members (excludes halogenated alkanes) is 13. The molecule has 0 saturated heterocycles. The molecule has 0 aliphatic rings. The van der Waals surface area contributed by atoms with Crippen molar-refractivity contribution in [3.05, 3.63) is 167 Å². The number of carbonyl (C=O) groups excluding carboxylic acids is 5. The summed E-state index contributed by atoms with van der Waals surface area (Å²) in [6.45, 7) is 9.09. The number of ether oxygens (including phenoxy) is 8. The second-order valence-corrected chi connectivity index (χ2v) is 18.0. The van der Waals surface area contributed by atoms with Gasteiger partial charge in [-0.1, -0.05) is 51.7 Å². The number of rotatable bonds is 38. The maximum atomic E-state index is 13.7. The molecule has 0 bridgehead atoms. The lowest BCUT2D eigenvalue weighted by Crippen LogP contribution is -2.18. The fourth-order valence-corrected chi connectivity index (χ4v) is 7.58. The first-order chi connectivity index (χ1) is 38.5. The van der Waals surface area contributed by atoms with Gasteiger partial charge in [-0.2, -0.15) is 10.2 Å². The third-order valence-corrected chi connectivity index (χ3v) is 11.9. The summed E-state index contributed by atoms with van der Waals surface area (Å²) >= 11 is 0. The average molecular weight is 1080 g/mol. The number of nitro benzene ring substituents is 1. The number of nitro groups is 1. The van der Waals surface area contributed by atoms with Crippen LogP contribution < -0.4 is 23.7 Å². The minimum absolute atomic E-state index is 0.00883. The van der Waals surface area contributed by atoms with Gasteiger partial charge in [-0.25, -0.2) is 24.0 Å². The van der Waals surface area contributed by atoms with E-state index in [0.29, 0.717) is 62.3 Å². The van der Waals surface area contributed by atoms with Crippen LogP contribution in [0, 0.1) is 10.1 Å². The fraction of sp³-hybridized carbons (Fsp3) is 0.361. The smallest absolute Gasteiger partial charge is 0.344 e. The van der Waals surface area contributed by atoms with Crippen molar-refractivity contribution < 1.29 is 66.8 Å². The van der Waals surface area contributed by atoms with Gasteiger partial charge in [0.1, 0.15) is 28.7 Å². The summed E-state index contributed by atoms with van der Waals surface area (Å²) in [7, 11) is 0. The van der Waals surface area contributed by atoms with E-state index in [9.17, 15) is 34.1 Å². The largest absolute Gasteiger partial charge is 0.494 e. The highest BCUT2D eigenvalue weighted by Crippen LogP contribution is 2.26. The predicted molar refractivity (Wildman–Crippen MR) is 296 cm³/mol. The van der Waals surface area contributed by atoms with Gasteiger partial charge >= 0.3 is 29.8 Å². The SMILES string of the molecule is C=CC(=O)OCCCCCCOc1ccc(OC(=O)c2ccc(C(=O)Oc3ccc(OCCCCCCOC(=O)C=C)cc3)c(C(=O)OCCCCCCCCCCOc3ccc(N=Nc4ccc([N+](=O)[O-])cc4)cc3)c2)cc1. The van der Waals surface area contributed by atoms with Gasteiger partial charge in [0.25, 0.3) is 5.69 Å². The van der Waals surface area contributed by atoms with E-state index >= 15 is 0 Å². The molecule has 0 radical (unpaired) electrons. The average Bonchev–Trinajstić information content (AvgIpc) is 3.49. The highest BCUT2D eigenvalue weighted by molar-refractivity contribution is 6.06. The molecule has 0 aliphatic heterocycles. The first kappa shape index (κ1) is 61.2. The zero-order chi connectivity index (χ0) is 56.3. The summed E-state index contributed by atoms with van der Waals surface area (Å²) in [4.78, 5) is 73.4. The lowest BCUT2D eigenvalue weighted by atomic mass is 10.0. The van der Waals surface area contributed by atoms with Crippen LogP contribution in [0.1, 0.15) is 134 Å². The third-order valence-electron chi connectivity index (χ3n) is 11.9. The van der Waals surface area contributed by atoms with Gasteiger partial charge in [0.05, 0.1) is 72.6 Å². The molecule has 0 unspecified atom stereocenters. The van der Waals surface area contributed by atoms with Crippen molar-refractivity contribution in [2.75, 3.05) is 39.6 Å². The number of azo groups is 1. The Bertz CT molecular complexity index is 2740. The van der Waals surface area contributed by atoms with Gasteiger partial charge in [0, 0.05) is 24.3 Å². The topological polar surface area (TPSA) is 227 Å². The minimum atomic E-state index is -0.826. The van der Waals surface area contributed by atoms with Gasteiger partial charge in [-0.05, 0) is 167 Å². The van der Waals surface area contributed by atoms with E-state index in [1.54, 1.807) is 60.7 Å². The molecule has 0 amide bonds. The first-order valence-corrected chi connectivity index (χ1v) is 26.7. The van der Waals surface area contributed by atoms with Crippen LogP contribution in [0.15, 0.2) is 151 Å². The van der Waals surface area contributed by atoms with Crippen LogP contribution >= 0.6 is 0 Å². The zero-order valence-electron chi connectivity index (χ0n) is 44.6. The summed E-state index contributed by atoms with van der Waals surface area (Å²) in [5, 5.41) is 19.1. The number of carbonyl (C=O) groups is 5. The second kappa shape index (κ2) is 35.6. The van der Waals surface area contributed by atoms with Gasteiger partial charge in [-0.3, -0.25) is 10.1 Å². The number of nitrogens with zero attached hydrogens (tertiary/aromatic N) is 3. The van der Waals surface area contributed by atoms with Crippen LogP contribution in [0.5, 0.6) is 28.7 Å². The Morgan fingerprint density at radius 3 is 1.18 bits per heavy atom. The molecule has 0 N–H and O–H groups in total. The van der Waals surface area contributed by atoms with Gasteiger partial charge in [-0.15, -0.1) is 0 Å². The fourth-order valence-electron chi connectivity index (χ4n) is 7.58. The van der Waals surface area contributed by atoms with Crippen LogP contribution in [0.3, 0.4) is 0 Å². The predicted octanol–water partition coefficient (Wildman–Crippen LogP) is 14.1. The number of hydrogen-bond donors (Lipinski definition) is 0. The van der Waals surface area contributed by atoms with Crippen LogP contribution in [0.4, 0.5) is 17.1 Å². The summed E-state index contributed by atoms with van der Waals surface area (Å²) in [6, 6.07) is 30.1. The lowest BCUT2D eigenvalue weighted by Gasteiger charge is -2.12. The maximum absolute atomic E-state index is 13.7. The number of benzene rings is 5. The zero-order valence-corrected chi connectivity index (χ0v) is 44.6. The Morgan fingerprint density at radius 2 is 0.759 bits per heavy atom. The monoisotopic (exact) mass is 1080 g/mol. The van der Waals surface area contributed by atoms with Crippen LogP contribution in [-0.4, -0.2) is 74.4 Å². The Hall–Kier alpha value is -8.67. The van der Waals surface area contributed by atoms with Crippen molar-refractivity contribution in [3.8, 4) is 28.7 Å². The van der Waals surface area contributed by atoms with Crippen LogP contribution in [0.2, 0.25) is 0 Å². The highest BCUT2D eigenvalue weighted by Gasteiger charge is 2.23. The van der Waals surface area contributed by atoms with E-state index in [4.69, 9.17) is 37.9 Å². The molecule has 418 valence electrons. The van der Waals surface area contributed by atoms with Crippen LogP contribution in [-0.2, 0) is 23.8 Å². The minimum Gasteiger partial charge on any atom is -0.494 e. The molecule has 5 rings (SSSR count). The van der Waals surface area contributed by atoms with E-state index in [-0.39, 0.29) is 40.5 Å². The molecule has 0 aliphatic carbocycles. The molecule has 18 nitrogen and oxygen atoms in total. The molecule has 5 aromatic rings. The molecule has 79 heavy (non-hydrogen) atoms. The standard InChI is InChI=1S/C61H69N3O15/c1-3-57(65)75-42-18-13-11-16-40-73-51-30-34-53(35-31-51)78-59(67)46-21-38-55(61(69)79-54-36-32-52(33-37-54)74-41-17-12-14-19-43-76-58(66)4-2)56(45-46)60(68)77-44-20-10-8-6-5-7-9-15-39-72-50-28-24-48(25-29-50)63-62-47-22-26-49(27-23-47)64(70)71/h3-4,21-38,45H,1-2,5-20,39-44H2. The quantitative estimate of drug-likeness (QED) is 0.00523. The molecule has 0 atom stereocenters. The summed E-state index contributed by atoms with van der Waals surface area (Å²) < 4.78 is 44.5. The van der Waals surface area contributed by atoms with Gasteiger partial charge < -0.3 is 37.9 Å². The lowest BCUT2D eigenvalue weighted by molar-refractivity contribution is -0.384. The third kappa shape index (κ3) is 24.0. The molecule has 18 heteroatoms. The molecule has 0 saturated carbocycles. The number of non-ortho nitro benzene ring substituents is 1. The summed E-state index contributed by atoms with van der Waals surface area (Å²) in [6.07, 6.45) is 16.4. The van der Waals surface area contributed by atoms with Crippen molar-refractivity contribution in [1.29, 1.82) is 0 Å². The Kier molecular flexibility index (Phi) is 27.6. The van der Waals surface area contributed by atoms with Gasteiger partial charge in [0.2, 0.25) is 0 Å². The molecule has 0 spiro atoms. The van der Waals surface area contributed by atoms with Crippen molar-refractivity contribution >= 4 is 46.9 Å². The van der Waals surface area contributed by atoms with Crippen LogP contribution in [0.25, 0.3) is 0 Å². The Morgan fingerprint density at radius 1 is 0.405 bits per heavy atom. The highest BCUT2D eigenvalue weighted by atomic mass is 16.6. The van der Waals surface area contributed by atoms with E-state index in [0.717, 1.165) is 114 Å². The van der Waals surface area contributed by atoms with Crippen molar-refractivity contribution in [3.63, 3.8) is 0 Å². The van der Waals surface area contributed by atoms with E-state index in [1.807, 2.05) is 12.1 Å². The summed E-state index contributed by atoms with van der Waals surface area (Å²) in [5.74, 6) is -0.877. The van der Waals surface area contributed by atoms with Crippen molar-refractivity contribution in [2.45, 2.75) is 103 Å². The molecule has 0 fully saturated rings. The van der Waals surface area contributed by atoms with Gasteiger partial charge in [0.15, 0.2) is 0 Å². The normalized spacial score (nSPS) is 10.8. The molecular weight excluding hydrogens is 1010 g/mol. The maximum Gasteiger partial charge on any atom is 0.344 e. The molecule has 0 aromatic heterocycles. The van der Waals surface area contributed by atoms with E-state index < -0.39 is 34.8 Å². The first-order valence-electron chi connectivity index (χ1n) is 26.7. The second-order valence-electron chi connectivity index (χ2n) is 18.0. The number of hydrogen-bond acceptors (Lipinski definition) is 17. The summed E-state index contributed by atoms with van der Waals surface area (Å²) in [5.41, 5.74) is 0.906. The molecule has 0 heterocycles. The van der Waals surface area contributed by atoms with Crippen molar-refractivity contribution in [1.82, 2.24) is 0 Å². The van der Waals surface area contributed by atoms with Crippen molar-refractivity contribution in [2.24, 2.45) is 10.2 Å². The van der Waals surface area contributed by atoms with E-state index in [2.05, 4.69) is 23.4 Å². The van der Waals surface area contributed by atoms with E-state index in [1.165, 1.54) is 42.5 Å².